The summed E-state index contributed by atoms with van der Waals surface area (Å²) in [6.07, 6.45) is 6.44. The number of carbonyl (C=O) groups is 1. The first-order chi connectivity index (χ1) is 10.2. The van der Waals surface area contributed by atoms with E-state index in [1.165, 1.54) is 0 Å². The highest BCUT2D eigenvalue weighted by molar-refractivity contribution is 5.94. The standard InChI is InChI=1S/C17H18N2O2/c18-11-17(7-8-17)14-4-2-13(3-5-14)16(21)19-15-6-1-12(9-15)10-20/h1-6,12,15,20H,7-10H2,(H,19,21)/t12-,15+/m0/s1. The molecular formula is C17H18N2O2. The van der Waals surface area contributed by atoms with Crippen LogP contribution in [0.5, 0.6) is 0 Å². The molecule has 21 heavy (non-hydrogen) atoms. The van der Waals surface area contributed by atoms with Crippen LogP contribution in [0.25, 0.3) is 0 Å². The number of nitrogens with one attached hydrogen (secondary N) is 1. The molecule has 0 bridgehead atoms. The van der Waals surface area contributed by atoms with E-state index in [0.29, 0.717) is 5.56 Å². The molecule has 2 atom stereocenters. The third-order valence-corrected chi connectivity index (χ3v) is 4.39. The fourth-order valence-corrected chi connectivity index (χ4v) is 2.80. The maximum absolute atomic E-state index is 12.2. The average molecular weight is 282 g/mol. The Balaban J connectivity index is 1.64. The van der Waals surface area contributed by atoms with Gasteiger partial charge >= 0.3 is 0 Å². The number of benzene rings is 1. The van der Waals surface area contributed by atoms with Gasteiger partial charge in [-0.25, -0.2) is 0 Å². The minimum absolute atomic E-state index is 0.0109. The number of hydrogen-bond donors (Lipinski definition) is 2. The molecule has 4 heteroatoms. The lowest BCUT2D eigenvalue weighted by Gasteiger charge is -2.13. The molecule has 1 aromatic rings. The Bertz CT molecular complexity index is 609. The highest BCUT2D eigenvalue weighted by Gasteiger charge is 2.44. The minimum Gasteiger partial charge on any atom is -0.396 e. The highest BCUT2D eigenvalue weighted by atomic mass is 16.3. The van der Waals surface area contributed by atoms with Gasteiger partial charge in [-0.2, -0.15) is 5.26 Å². The SMILES string of the molecule is N#CC1(c2ccc(C(=O)N[C@@H]3C=C[C@H](CO)C3)cc2)CC1. The number of aliphatic hydroxyl groups excluding tert-OH is 1. The Hall–Kier alpha value is -2.12. The summed E-state index contributed by atoms with van der Waals surface area (Å²) in [5.41, 5.74) is 1.30. The molecule has 0 saturated heterocycles. The molecule has 2 aliphatic carbocycles. The summed E-state index contributed by atoms with van der Waals surface area (Å²) in [5, 5.41) is 21.2. The summed E-state index contributed by atoms with van der Waals surface area (Å²) in [4.78, 5) is 12.2. The second-order valence-electron chi connectivity index (χ2n) is 5.91. The van der Waals surface area contributed by atoms with Crippen LogP contribution in [-0.4, -0.2) is 23.7 Å². The van der Waals surface area contributed by atoms with E-state index in [2.05, 4.69) is 11.4 Å². The van der Waals surface area contributed by atoms with Crippen molar-refractivity contribution in [2.45, 2.75) is 30.7 Å². The number of rotatable bonds is 4. The summed E-state index contributed by atoms with van der Waals surface area (Å²) in [6.45, 7) is 0.119. The lowest BCUT2D eigenvalue weighted by atomic mass is 9.96. The fourth-order valence-electron chi connectivity index (χ4n) is 2.80. The largest absolute Gasteiger partial charge is 0.396 e. The Labute approximate surface area is 124 Å². The number of carbonyl (C=O) groups excluding carboxylic acids is 1. The van der Waals surface area contributed by atoms with E-state index in [4.69, 9.17) is 10.4 Å². The zero-order chi connectivity index (χ0) is 14.9. The Morgan fingerprint density at radius 1 is 1.33 bits per heavy atom. The van der Waals surface area contributed by atoms with Crippen LogP contribution in [0.15, 0.2) is 36.4 Å². The number of nitrogens with zero attached hydrogens (tertiary/aromatic N) is 1. The zero-order valence-electron chi connectivity index (χ0n) is 11.7. The normalized spacial score (nSPS) is 25.3. The Kier molecular flexibility index (Phi) is 3.52. The molecule has 1 saturated carbocycles. The number of aliphatic hydroxyl groups is 1. The van der Waals surface area contributed by atoms with Crippen LogP contribution in [-0.2, 0) is 5.41 Å². The minimum atomic E-state index is -0.308. The summed E-state index contributed by atoms with van der Waals surface area (Å²) >= 11 is 0. The van der Waals surface area contributed by atoms with Gasteiger partial charge in [0.25, 0.3) is 5.91 Å². The molecule has 3 rings (SSSR count). The maximum atomic E-state index is 12.2. The molecule has 2 N–H and O–H groups in total. The first kappa shape index (κ1) is 13.8. The molecule has 0 aliphatic heterocycles. The molecule has 0 unspecified atom stereocenters. The van der Waals surface area contributed by atoms with E-state index in [-0.39, 0.29) is 29.9 Å². The van der Waals surface area contributed by atoms with Gasteiger partial charge in [-0.05, 0) is 37.0 Å². The summed E-state index contributed by atoms with van der Waals surface area (Å²) < 4.78 is 0. The van der Waals surface area contributed by atoms with Gasteiger partial charge < -0.3 is 10.4 Å². The molecule has 0 spiro atoms. The van der Waals surface area contributed by atoms with Crippen molar-refractivity contribution in [3.8, 4) is 6.07 Å². The smallest absolute Gasteiger partial charge is 0.251 e. The lowest BCUT2D eigenvalue weighted by Crippen LogP contribution is -2.32. The van der Waals surface area contributed by atoms with Gasteiger partial charge in [0.15, 0.2) is 0 Å². The Morgan fingerprint density at radius 2 is 2.05 bits per heavy atom. The second-order valence-corrected chi connectivity index (χ2v) is 5.91. The van der Waals surface area contributed by atoms with Gasteiger partial charge in [-0.15, -0.1) is 0 Å². The van der Waals surface area contributed by atoms with Crippen molar-refractivity contribution < 1.29 is 9.90 Å². The van der Waals surface area contributed by atoms with Gasteiger partial charge in [0.05, 0.1) is 11.5 Å². The quantitative estimate of drug-likeness (QED) is 0.828. The van der Waals surface area contributed by atoms with Crippen LogP contribution in [0.1, 0.15) is 35.2 Å². The summed E-state index contributed by atoms with van der Waals surface area (Å²) in [7, 11) is 0. The monoisotopic (exact) mass is 282 g/mol. The van der Waals surface area contributed by atoms with Crippen LogP contribution in [0, 0.1) is 17.2 Å². The number of hydrogen-bond acceptors (Lipinski definition) is 3. The van der Waals surface area contributed by atoms with Crippen LogP contribution in [0.2, 0.25) is 0 Å². The van der Waals surface area contributed by atoms with Gasteiger partial charge in [-0.1, -0.05) is 24.3 Å². The summed E-state index contributed by atoms with van der Waals surface area (Å²) in [5.74, 6) is 0.0274. The van der Waals surface area contributed by atoms with Gasteiger partial charge in [0, 0.05) is 24.1 Å². The van der Waals surface area contributed by atoms with Crippen molar-refractivity contribution in [3.63, 3.8) is 0 Å². The first-order valence-corrected chi connectivity index (χ1v) is 7.29. The fraction of sp³-hybridized carbons (Fsp3) is 0.412. The van der Waals surface area contributed by atoms with Gasteiger partial charge in [0.2, 0.25) is 0 Å². The third kappa shape index (κ3) is 2.70. The third-order valence-electron chi connectivity index (χ3n) is 4.39. The average Bonchev–Trinajstić information content (AvgIpc) is 3.20. The Morgan fingerprint density at radius 3 is 2.57 bits per heavy atom. The predicted octanol–water partition coefficient (Wildman–Crippen LogP) is 1.91. The van der Waals surface area contributed by atoms with Crippen molar-refractivity contribution in [1.82, 2.24) is 5.32 Å². The summed E-state index contributed by atoms with van der Waals surface area (Å²) in [6, 6.07) is 9.67. The van der Waals surface area contributed by atoms with E-state index in [1.54, 1.807) is 12.1 Å². The van der Waals surface area contributed by atoms with Crippen molar-refractivity contribution >= 4 is 5.91 Å². The maximum Gasteiger partial charge on any atom is 0.251 e. The highest BCUT2D eigenvalue weighted by Crippen LogP contribution is 2.47. The molecule has 0 aromatic heterocycles. The molecule has 2 aliphatic rings. The first-order valence-electron chi connectivity index (χ1n) is 7.29. The van der Waals surface area contributed by atoms with Crippen molar-refractivity contribution in [2.24, 2.45) is 5.92 Å². The van der Waals surface area contributed by atoms with Crippen LogP contribution < -0.4 is 5.32 Å². The van der Waals surface area contributed by atoms with Crippen molar-refractivity contribution in [2.75, 3.05) is 6.61 Å². The van der Waals surface area contributed by atoms with E-state index < -0.39 is 0 Å². The van der Waals surface area contributed by atoms with Gasteiger partial charge in [0.1, 0.15) is 0 Å². The molecule has 108 valence electrons. The van der Waals surface area contributed by atoms with Crippen LogP contribution >= 0.6 is 0 Å². The van der Waals surface area contributed by atoms with Crippen LogP contribution in [0.3, 0.4) is 0 Å². The molecule has 1 amide bonds. The van der Waals surface area contributed by atoms with E-state index in [9.17, 15) is 4.79 Å². The topological polar surface area (TPSA) is 73.1 Å². The number of amides is 1. The number of nitriles is 1. The van der Waals surface area contributed by atoms with Gasteiger partial charge in [-0.3, -0.25) is 4.79 Å². The second kappa shape index (κ2) is 5.34. The molecule has 0 heterocycles. The molecule has 1 aromatic carbocycles. The zero-order valence-corrected chi connectivity index (χ0v) is 11.7. The van der Waals surface area contributed by atoms with Crippen molar-refractivity contribution in [3.05, 3.63) is 47.5 Å². The van der Waals surface area contributed by atoms with E-state index in [1.807, 2.05) is 24.3 Å². The van der Waals surface area contributed by atoms with Crippen LogP contribution in [0.4, 0.5) is 0 Å². The molecule has 4 nitrogen and oxygen atoms in total. The molecule has 0 radical (unpaired) electrons. The lowest BCUT2D eigenvalue weighted by molar-refractivity contribution is 0.0941. The van der Waals surface area contributed by atoms with E-state index >= 15 is 0 Å². The van der Waals surface area contributed by atoms with Crippen molar-refractivity contribution in [1.29, 1.82) is 5.26 Å². The van der Waals surface area contributed by atoms with E-state index in [0.717, 1.165) is 24.8 Å². The predicted molar refractivity (Wildman–Crippen MR) is 78.6 cm³/mol. The molecular weight excluding hydrogens is 264 g/mol. The molecule has 1 fully saturated rings.